The van der Waals surface area contributed by atoms with E-state index in [1.165, 1.54) is 6.20 Å². The van der Waals surface area contributed by atoms with Crippen molar-refractivity contribution in [3.05, 3.63) is 29.6 Å². The van der Waals surface area contributed by atoms with Crippen LogP contribution >= 0.6 is 11.8 Å². The van der Waals surface area contributed by atoms with E-state index in [-0.39, 0.29) is 5.56 Å². The zero-order valence-corrected chi connectivity index (χ0v) is 10.2. The summed E-state index contributed by atoms with van der Waals surface area (Å²) < 4.78 is 0. The molecule has 1 rings (SSSR count). The highest BCUT2D eigenvalue weighted by atomic mass is 32.2. The molecule has 1 aromatic rings. The van der Waals surface area contributed by atoms with Gasteiger partial charge in [0.15, 0.2) is 0 Å². The highest BCUT2D eigenvalue weighted by molar-refractivity contribution is 7.99. The number of aromatic carboxylic acids is 1. The van der Waals surface area contributed by atoms with E-state index in [1.807, 2.05) is 0 Å². The fourth-order valence-corrected chi connectivity index (χ4v) is 1.70. The second-order valence-corrected chi connectivity index (χ2v) is 4.38. The van der Waals surface area contributed by atoms with Gasteiger partial charge in [-0.05, 0) is 12.1 Å². The maximum atomic E-state index is 10.6. The first kappa shape index (κ1) is 13.6. The molecule has 0 saturated heterocycles. The van der Waals surface area contributed by atoms with Crippen LogP contribution in [0.15, 0.2) is 18.3 Å². The van der Waals surface area contributed by atoms with Crippen LogP contribution in [0.3, 0.4) is 0 Å². The average molecular weight is 250 g/mol. The molecule has 0 atom stereocenters. The first-order valence-electron chi connectivity index (χ1n) is 5.14. The van der Waals surface area contributed by atoms with Crippen LogP contribution in [0, 0.1) is 12.3 Å². The summed E-state index contributed by atoms with van der Waals surface area (Å²) in [5.74, 6) is 3.29. The predicted octanol–water partition coefficient (Wildman–Crippen LogP) is 1.24. The molecule has 4 nitrogen and oxygen atoms in total. The third kappa shape index (κ3) is 5.38. The number of aromatic nitrogens is 1. The summed E-state index contributed by atoms with van der Waals surface area (Å²) in [7, 11) is 0. The molecule has 0 fully saturated rings. The van der Waals surface area contributed by atoms with Crippen LogP contribution in [-0.4, -0.2) is 34.1 Å². The fourth-order valence-electron chi connectivity index (χ4n) is 1.15. The van der Waals surface area contributed by atoms with Gasteiger partial charge in [0, 0.05) is 25.0 Å². The Bertz CT molecular complexity index is 398. The Morgan fingerprint density at radius 2 is 2.41 bits per heavy atom. The van der Waals surface area contributed by atoms with Crippen molar-refractivity contribution in [2.75, 3.05) is 18.1 Å². The molecule has 0 aliphatic rings. The van der Waals surface area contributed by atoms with Gasteiger partial charge in [-0.15, -0.1) is 18.2 Å². The number of rotatable bonds is 7. The first-order valence-corrected chi connectivity index (χ1v) is 6.29. The van der Waals surface area contributed by atoms with Gasteiger partial charge in [0.2, 0.25) is 0 Å². The Labute approximate surface area is 105 Å². The Balaban J connectivity index is 2.23. The average Bonchev–Trinajstić information content (AvgIpc) is 2.34. The molecule has 1 heterocycles. The molecule has 0 unspecified atom stereocenters. The van der Waals surface area contributed by atoms with Gasteiger partial charge in [0.25, 0.3) is 0 Å². The van der Waals surface area contributed by atoms with Crippen molar-refractivity contribution in [3.63, 3.8) is 0 Å². The van der Waals surface area contributed by atoms with E-state index >= 15 is 0 Å². The minimum atomic E-state index is -0.956. The van der Waals surface area contributed by atoms with Crippen molar-refractivity contribution in [1.29, 1.82) is 0 Å². The van der Waals surface area contributed by atoms with E-state index in [0.717, 1.165) is 23.7 Å². The van der Waals surface area contributed by atoms with Crippen molar-refractivity contribution in [2.24, 2.45) is 0 Å². The van der Waals surface area contributed by atoms with Crippen LogP contribution in [0.2, 0.25) is 0 Å². The molecule has 0 aliphatic heterocycles. The zero-order chi connectivity index (χ0) is 12.5. The number of thioether (sulfide) groups is 1. The van der Waals surface area contributed by atoms with Crippen molar-refractivity contribution in [2.45, 2.75) is 6.54 Å². The second kappa shape index (κ2) is 7.71. The summed E-state index contributed by atoms with van der Waals surface area (Å²) >= 11 is 1.70. The van der Waals surface area contributed by atoms with E-state index in [9.17, 15) is 4.79 Å². The minimum Gasteiger partial charge on any atom is -0.478 e. The number of pyridine rings is 1. The number of nitrogens with one attached hydrogen (secondary N) is 1. The van der Waals surface area contributed by atoms with Crippen molar-refractivity contribution in [1.82, 2.24) is 10.3 Å². The molecule has 0 spiro atoms. The van der Waals surface area contributed by atoms with Crippen LogP contribution < -0.4 is 5.32 Å². The van der Waals surface area contributed by atoms with Gasteiger partial charge in [0.05, 0.1) is 17.0 Å². The minimum absolute atomic E-state index is 0.207. The summed E-state index contributed by atoms with van der Waals surface area (Å²) in [5, 5.41) is 11.9. The number of carboxylic acid groups (broad SMARTS) is 1. The van der Waals surface area contributed by atoms with E-state index in [2.05, 4.69) is 16.2 Å². The normalized spacial score (nSPS) is 9.82. The van der Waals surface area contributed by atoms with E-state index < -0.39 is 5.97 Å². The number of carboxylic acids is 1. The van der Waals surface area contributed by atoms with Gasteiger partial charge >= 0.3 is 5.97 Å². The third-order valence-electron chi connectivity index (χ3n) is 1.99. The van der Waals surface area contributed by atoms with Crippen LogP contribution in [0.1, 0.15) is 16.1 Å². The topological polar surface area (TPSA) is 62.2 Å². The Morgan fingerprint density at radius 1 is 1.59 bits per heavy atom. The van der Waals surface area contributed by atoms with Crippen LogP contribution in [-0.2, 0) is 6.54 Å². The quantitative estimate of drug-likeness (QED) is 0.563. The fraction of sp³-hybridized carbons (Fsp3) is 0.333. The number of terminal acetylenes is 1. The number of hydrogen-bond acceptors (Lipinski definition) is 4. The Morgan fingerprint density at radius 3 is 3.00 bits per heavy atom. The van der Waals surface area contributed by atoms with Crippen LogP contribution in [0.5, 0.6) is 0 Å². The molecule has 1 aromatic heterocycles. The Hall–Kier alpha value is -1.51. The first-order chi connectivity index (χ1) is 8.24. The molecule has 2 N–H and O–H groups in total. The van der Waals surface area contributed by atoms with Crippen LogP contribution in [0.25, 0.3) is 0 Å². The molecule has 0 aromatic carbocycles. The summed E-state index contributed by atoms with van der Waals surface area (Å²) in [6.07, 6.45) is 6.49. The molecule has 0 aliphatic carbocycles. The van der Waals surface area contributed by atoms with E-state index in [1.54, 1.807) is 23.9 Å². The maximum Gasteiger partial charge on any atom is 0.337 e. The lowest BCUT2D eigenvalue weighted by atomic mass is 10.2. The molecule has 90 valence electrons. The molecule has 0 saturated carbocycles. The van der Waals surface area contributed by atoms with Crippen molar-refractivity contribution >= 4 is 17.7 Å². The number of hydrogen-bond donors (Lipinski definition) is 2. The highest BCUT2D eigenvalue weighted by Gasteiger charge is 2.02. The summed E-state index contributed by atoms with van der Waals surface area (Å²) in [6, 6.07) is 3.27. The summed E-state index contributed by atoms with van der Waals surface area (Å²) in [6.45, 7) is 1.49. The van der Waals surface area contributed by atoms with Crippen LogP contribution in [0.4, 0.5) is 0 Å². The SMILES string of the molecule is C#CCSCCNCc1ccc(C(=O)O)cn1. The largest absolute Gasteiger partial charge is 0.478 e. The second-order valence-electron chi connectivity index (χ2n) is 3.28. The number of nitrogens with zero attached hydrogens (tertiary/aromatic N) is 1. The highest BCUT2D eigenvalue weighted by Crippen LogP contribution is 2.00. The van der Waals surface area contributed by atoms with Crippen molar-refractivity contribution < 1.29 is 9.90 Å². The number of carbonyl (C=O) groups is 1. The van der Waals surface area contributed by atoms with Gasteiger partial charge in [-0.2, -0.15) is 0 Å². The monoisotopic (exact) mass is 250 g/mol. The lowest BCUT2D eigenvalue weighted by molar-refractivity contribution is 0.0696. The summed E-state index contributed by atoms with van der Waals surface area (Å²) in [5.41, 5.74) is 1.04. The lowest BCUT2D eigenvalue weighted by Gasteiger charge is -2.03. The molecule has 5 heteroatoms. The maximum absolute atomic E-state index is 10.6. The van der Waals surface area contributed by atoms with Crippen molar-refractivity contribution in [3.8, 4) is 12.3 Å². The molecule has 0 radical (unpaired) electrons. The third-order valence-corrected chi connectivity index (χ3v) is 2.85. The zero-order valence-electron chi connectivity index (χ0n) is 9.35. The Kier molecular flexibility index (Phi) is 6.15. The van der Waals surface area contributed by atoms with Gasteiger partial charge < -0.3 is 10.4 Å². The van der Waals surface area contributed by atoms with E-state index in [4.69, 9.17) is 11.5 Å². The van der Waals surface area contributed by atoms with Gasteiger partial charge in [-0.3, -0.25) is 4.98 Å². The molecular weight excluding hydrogens is 236 g/mol. The predicted molar refractivity (Wildman–Crippen MR) is 69.1 cm³/mol. The molecule has 0 amide bonds. The van der Waals surface area contributed by atoms with Gasteiger partial charge in [0.1, 0.15) is 0 Å². The smallest absolute Gasteiger partial charge is 0.337 e. The van der Waals surface area contributed by atoms with Gasteiger partial charge in [-0.25, -0.2) is 4.79 Å². The van der Waals surface area contributed by atoms with E-state index in [0.29, 0.717) is 6.54 Å². The molecule has 0 bridgehead atoms. The lowest BCUT2D eigenvalue weighted by Crippen LogP contribution is -2.17. The van der Waals surface area contributed by atoms with Gasteiger partial charge in [-0.1, -0.05) is 5.92 Å². The standard InChI is InChI=1S/C12H14N2O2S/c1-2-6-17-7-5-13-9-11-4-3-10(8-14-11)12(15)16/h1,3-4,8,13H,5-7,9H2,(H,15,16). The molecular formula is C12H14N2O2S. The summed E-state index contributed by atoms with van der Waals surface area (Å²) in [4.78, 5) is 14.6. The molecule has 17 heavy (non-hydrogen) atoms.